The van der Waals surface area contributed by atoms with Crippen molar-refractivity contribution in [1.82, 2.24) is 0 Å². The third-order valence-corrected chi connectivity index (χ3v) is 5.05. The van der Waals surface area contributed by atoms with Gasteiger partial charge in [-0.05, 0) is 28.1 Å². The summed E-state index contributed by atoms with van der Waals surface area (Å²) in [4.78, 5) is 10.9. The molecule has 0 radical (unpaired) electrons. The van der Waals surface area contributed by atoms with Crippen molar-refractivity contribution >= 4 is 27.6 Å². The Morgan fingerprint density at radius 2 is 2.08 bits per heavy atom. The zero-order valence-electron chi connectivity index (χ0n) is 12.8. The minimum atomic E-state index is -0.802. The third kappa shape index (κ3) is 2.71. The van der Waals surface area contributed by atoms with Gasteiger partial charge >= 0.3 is 5.97 Å². The SMILES string of the molecule is O=C(O)C[C@@H]1COc2cc(NC3COc4c(Br)cccc43)ccc21. The molecule has 124 valence electrons. The van der Waals surface area contributed by atoms with Crippen LogP contribution in [0.2, 0.25) is 0 Å². The number of para-hydroxylation sites is 1. The number of ether oxygens (including phenoxy) is 2. The number of rotatable bonds is 4. The van der Waals surface area contributed by atoms with Crippen LogP contribution >= 0.6 is 15.9 Å². The Hall–Kier alpha value is -2.21. The molecule has 2 atom stereocenters. The second kappa shape index (κ2) is 6.02. The van der Waals surface area contributed by atoms with Gasteiger partial charge in [-0.3, -0.25) is 4.79 Å². The van der Waals surface area contributed by atoms with Gasteiger partial charge in [0.25, 0.3) is 0 Å². The molecule has 0 bridgehead atoms. The first-order chi connectivity index (χ1) is 11.6. The molecule has 2 heterocycles. The van der Waals surface area contributed by atoms with E-state index in [1.165, 1.54) is 0 Å². The summed E-state index contributed by atoms with van der Waals surface area (Å²) in [6.45, 7) is 0.991. The normalized spacial score (nSPS) is 20.7. The van der Waals surface area contributed by atoms with E-state index in [2.05, 4.69) is 27.3 Å². The summed E-state index contributed by atoms with van der Waals surface area (Å²) in [5.74, 6) is 0.774. The molecule has 24 heavy (non-hydrogen) atoms. The Balaban J connectivity index is 1.54. The molecule has 6 heteroatoms. The van der Waals surface area contributed by atoms with Gasteiger partial charge in [-0.2, -0.15) is 0 Å². The van der Waals surface area contributed by atoms with E-state index < -0.39 is 5.97 Å². The lowest BCUT2D eigenvalue weighted by molar-refractivity contribution is -0.137. The van der Waals surface area contributed by atoms with Crippen molar-refractivity contribution in [1.29, 1.82) is 0 Å². The fraction of sp³-hybridized carbons (Fsp3) is 0.278. The van der Waals surface area contributed by atoms with Crippen molar-refractivity contribution < 1.29 is 19.4 Å². The monoisotopic (exact) mass is 389 g/mol. The average molecular weight is 390 g/mol. The molecule has 0 aromatic heterocycles. The second-order valence-electron chi connectivity index (χ2n) is 6.02. The smallest absolute Gasteiger partial charge is 0.304 e. The van der Waals surface area contributed by atoms with E-state index in [4.69, 9.17) is 14.6 Å². The van der Waals surface area contributed by atoms with Crippen LogP contribution in [0.5, 0.6) is 11.5 Å². The summed E-state index contributed by atoms with van der Waals surface area (Å²) in [6, 6.07) is 12.0. The van der Waals surface area contributed by atoms with Crippen LogP contribution in [0.4, 0.5) is 5.69 Å². The number of hydrogen-bond donors (Lipinski definition) is 2. The van der Waals surface area contributed by atoms with E-state index in [0.29, 0.717) is 13.2 Å². The Morgan fingerprint density at radius 3 is 2.92 bits per heavy atom. The summed E-state index contributed by atoms with van der Waals surface area (Å²) >= 11 is 3.51. The largest absolute Gasteiger partial charge is 0.493 e. The van der Waals surface area contributed by atoms with E-state index in [1.807, 2.05) is 30.3 Å². The highest BCUT2D eigenvalue weighted by Gasteiger charge is 2.28. The molecule has 5 nitrogen and oxygen atoms in total. The lowest BCUT2D eigenvalue weighted by Crippen LogP contribution is -2.11. The summed E-state index contributed by atoms with van der Waals surface area (Å²) in [5.41, 5.74) is 3.02. The number of carbonyl (C=O) groups is 1. The summed E-state index contributed by atoms with van der Waals surface area (Å²) < 4.78 is 12.4. The van der Waals surface area contributed by atoms with Gasteiger partial charge in [0, 0.05) is 28.8 Å². The summed E-state index contributed by atoms with van der Waals surface area (Å²) in [6.07, 6.45) is 0.0949. The molecule has 2 aliphatic rings. The van der Waals surface area contributed by atoms with Gasteiger partial charge < -0.3 is 19.9 Å². The van der Waals surface area contributed by atoms with Gasteiger partial charge in [0.2, 0.25) is 0 Å². The van der Waals surface area contributed by atoms with Crippen LogP contribution in [0.3, 0.4) is 0 Å². The molecule has 0 fully saturated rings. The molecule has 2 aromatic carbocycles. The van der Waals surface area contributed by atoms with E-state index in [1.54, 1.807) is 0 Å². The second-order valence-corrected chi connectivity index (χ2v) is 6.88. The number of aliphatic carboxylic acids is 1. The molecule has 0 amide bonds. The maximum atomic E-state index is 10.9. The minimum Gasteiger partial charge on any atom is -0.493 e. The van der Waals surface area contributed by atoms with Crippen molar-refractivity contribution in [2.75, 3.05) is 18.5 Å². The van der Waals surface area contributed by atoms with Crippen LogP contribution in [0.15, 0.2) is 40.9 Å². The number of nitrogens with one attached hydrogen (secondary N) is 1. The number of carboxylic acid groups (broad SMARTS) is 1. The lowest BCUT2D eigenvalue weighted by atomic mass is 9.97. The topological polar surface area (TPSA) is 67.8 Å². The van der Waals surface area contributed by atoms with E-state index in [9.17, 15) is 4.79 Å². The van der Waals surface area contributed by atoms with Crippen LogP contribution in [0.1, 0.15) is 29.5 Å². The van der Waals surface area contributed by atoms with Crippen molar-refractivity contribution in [3.05, 3.63) is 52.0 Å². The fourth-order valence-corrected chi connectivity index (χ4v) is 3.77. The summed E-state index contributed by atoms with van der Waals surface area (Å²) in [5, 5.41) is 12.4. The highest BCUT2D eigenvalue weighted by molar-refractivity contribution is 9.10. The van der Waals surface area contributed by atoms with Gasteiger partial charge in [0.15, 0.2) is 0 Å². The van der Waals surface area contributed by atoms with Crippen LogP contribution in [-0.2, 0) is 4.79 Å². The maximum Gasteiger partial charge on any atom is 0.304 e. The molecule has 4 rings (SSSR count). The summed E-state index contributed by atoms with van der Waals surface area (Å²) in [7, 11) is 0. The molecular formula is C18H16BrNO4. The van der Waals surface area contributed by atoms with Crippen LogP contribution in [0.25, 0.3) is 0 Å². The van der Waals surface area contributed by atoms with Crippen molar-refractivity contribution in [3.63, 3.8) is 0 Å². The molecule has 2 aliphatic heterocycles. The van der Waals surface area contributed by atoms with Gasteiger partial charge in [0.1, 0.15) is 18.1 Å². The standard InChI is InChI=1S/C18H16BrNO4/c19-14-3-1-2-13-15(9-24-18(13)14)20-11-4-5-12-10(6-17(21)22)8-23-16(12)7-11/h1-5,7,10,15,20H,6,8-9H2,(H,21,22)/t10-,15?/m1/s1. The van der Waals surface area contributed by atoms with Crippen molar-refractivity contribution in [3.8, 4) is 11.5 Å². The van der Waals surface area contributed by atoms with Crippen molar-refractivity contribution in [2.24, 2.45) is 0 Å². The van der Waals surface area contributed by atoms with Crippen LogP contribution in [0, 0.1) is 0 Å². The van der Waals surface area contributed by atoms with E-state index in [-0.39, 0.29) is 18.4 Å². The molecular weight excluding hydrogens is 374 g/mol. The Morgan fingerprint density at radius 1 is 1.21 bits per heavy atom. The first-order valence-corrected chi connectivity index (χ1v) is 8.57. The number of hydrogen-bond acceptors (Lipinski definition) is 4. The molecule has 0 saturated carbocycles. The zero-order valence-corrected chi connectivity index (χ0v) is 14.4. The molecule has 1 unspecified atom stereocenters. The van der Waals surface area contributed by atoms with Gasteiger partial charge in [-0.1, -0.05) is 18.2 Å². The zero-order chi connectivity index (χ0) is 16.7. The third-order valence-electron chi connectivity index (χ3n) is 4.42. The number of halogens is 1. The molecule has 2 N–H and O–H groups in total. The van der Waals surface area contributed by atoms with Gasteiger partial charge in [-0.25, -0.2) is 0 Å². The quantitative estimate of drug-likeness (QED) is 0.828. The first-order valence-electron chi connectivity index (χ1n) is 7.78. The predicted molar refractivity (Wildman–Crippen MR) is 92.9 cm³/mol. The van der Waals surface area contributed by atoms with Gasteiger partial charge in [0.05, 0.1) is 23.5 Å². The highest BCUT2D eigenvalue weighted by atomic mass is 79.9. The first kappa shape index (κ1) is 15.3. The number of fused-ring (bicyclic) bond motifs is 2. The van der Waals surface area contributed by atoms with Crippen LogP contribution < -0.4 is 14.8 Å². The predicted octanol–water partition coefficient (Wildman–Crippen LogP) is 3.95. The van der Waals surface area contributed by atoms with Crippen LogP contribution in [-0.4, -0.2) is 24.3 Å². The Labute approximate surface area is 147 Å². The average Bonchev–Trinajstić information content (AvgIpc) is 3.13. The number of anilines is 1. The Bertz CT molecular complexity index is 808. The lowest BCUT2D eigenvalue weighted by Gasteiger charge is -2.14. The number of carboxylic acids is 1. The highest BCUT2D eigenvalue weighted by Crippen LogP contribution is 2.41. The number of benzene rings is 2. The molecule has 0 saturated heterocycles. The fourth-order valence-electron chi connectivity index (χ4n) is 3.28. The van der Waals surface area contributed by atoms with E-state index in [0.717, 1.165) is 32.8 Å². The molecule has 0 aliphatic carbocycles. The molecule has 0 spiro atoms. The van der Waals surface area contributed by atoms with Gasteiger partial charge in [-0.15, -0.1) is 0 Å². The Kier molecular flexibility index (Phi) is 3.84. The minimum absolute atomic E-state index is 0.0713. The maximum absolute atomic E-state index is 10.9. The van der Waals surface area contributed by atoms with Crippen molar-refractivity contribution in [2.45, 2.75) is 18.4 Å². The van der Waals surface area contributed by atoms with E-state index >= 15 is 0 Å². The molecule has 2 aromatic rings.